The van der Waals surface area contributed by atoms with Crippen LogP contribution in [-0.4, -0.2) is 43.2 Å². The van der Waals surface area contributed by atoms with E-state index in [1.807, 2.05) is 13.0 Å². The summed E-state index contributed by atoms with van der Waals surface area (Å²) in [5.41, 5.74) is 1.32. The number of aryl methyl sites for hydroxylation is 1. The lowest BCUT2D eigenvalue weighted by Gasteiger charge is -2.39. The second kappa shape index (κ2) is 5.17. The van der Waals surface area contributed by atoms with Crippen molar-refractivity contribution in [1.29, 1.82) is 0 Å². The molecule has 5 heteroatoms. The summed E-state index contributed by atoms with van der Waals surface area (Å²) < 4.78 is 4.73. The van der Waals surface area contributed by atoms with E-state index in [1.54, 1.807) is 6.07 Å². The summed E-state index contributed by atoms with van der Waals surface area (Å²) in [5, 5.41) is 3.47. The van der Waals surface area contributed by atoms with Gasteiger partial charge in [-0.2, -0.15) is 0 Å². The molecule has 2 rings (SSSR count). The molecule has 0 aromatic carbocycles. The van der Waals surface area contributed by atoms with Crippen molar-refractivity contribution in [1.82, 2.24) is 10.3 Å². The zero-order valence-corrected chi connectivity index (χ0v) is 12.0. The molecule has 1 aliphatic heterocycles. The van der Waals surface area contributed by atoms with Crippen molar-refractivity contribution < 1.29 is 9.53 Å². The minimum Gasteiger partial charge on any atom is -0.465 e. The lowest BCUT2D eigenvalue weighted by atomic mass is 10.0. The largest absolute Gasteiger partial charge is 0.465 e. The van der Waals surface area contributed by atoms with Crippen LogP contribution >= 0.6 is 0 Å². The number of methoxy groups -OCH3 is 1. The number of rotatable bonds is 2. The number of carbonyl (C=O) groups excluding carboxylic acids is 1. The number of nitrogens with one attached hydrogen (secondary N) is 1. The first-order valence-electron chi connectivity index (χ1n) is 6.49. The molecule has 5 nitrogen and oxygen atoms in total. The van der Waals surface area contributed by atoms with Gasteiger partial charge >= 0.3 is 5.97 Å². The van der Waals surface area contributed by atoms with E-state index in [9.17, 15) is 4.79 Å². The monoisotopic (exact) mass is 263 g/mol. The average Bonchev–Trinajstić information content (AvgIpc) is 2.36. The van der Waals surface area contributed by atoms with E-state index < -0.39 is 0 Å². The maximum Gasteiger partial charge on any atom is 0.339 e. The Hall–Kier alpha value is -1.62. The number of esters is 1. The lowest BCUT2D eigenvalue weighted by Crippen LogP contribution is -2.57. The molecule has 0 radical (unpaired) electrons. The number of ether oxygens (including phenoxy) is 1. The molecule has 0 amide bonds. The molecule has 1 fully saturated rings. The fraction of sp³-hybridized carbons (Fsp3) is 0.571. The number of anilines is 1. The number of piperazine rings is 1. The number of hydrogen-bond acceptors (Lipinski definition) is 5. The van der Waals surface area contributed by atoms with Gasteiger partial charge in [0.2, 0.25) is 0 Å². The highest BCUT2D eigenvalue weighted by Gasteiger charge is 2.26. The van der Waals surface area contributed by atoms with Crippen LogP contribution in [0.2, 0.25) is 0 Å². The van der Waals surface area contributed by atoms with Crippen LogP contribution in [-0.2, 0) is 4.74 Å². The summed E-state index contributed by atoms with van der Waals surface area (Å²) in [5.74, 6) is 0.580. The van der Waals surface area contributed by atoms with Crippen LogP contribution in [0.5, 0.6) is 0 Å². The van der Waals surface area contributed by atoms with E-state index in [0.717, 1.165) is 25.5 Å². The van der Waals surface area contributed by atoms with Gasteiger partial charge in [-0.05, 0) is 32.9 Å². The van der Waals surface area contributed by atoms with E-state index in [1.165, 1.54) is 7.11 Å². The van der Waals surface area contributed by atoms with Gasteiger partial charge < -0.3 is 15.0 Å². The molecule has 0 spiro atoms. The van der Waals surface area contributed by atoms with Crippen LogP contribution in [0.25, 0.3) is 0 Å². The van der Waals surface area contributed by atoms with Gasteiger partial charge in [0.1, 0.15) is 5.82 Å². The van der Waals surface area contributed by atoms with Crippen LogP contribution in [0, 0.1) is 6.92 Å². The molecule has 19 heavy (non-hydrogen) atoms. The van der Waals surface area contributed by atoms with Gasteiger partial charge in [-0.3, -0.25) is 0 Å². The second-order valence-electron chi connectivity index (χ2n) is 5.53. The van der Waals surface area contributed by atoms with Gasteiger partial charge in [0.25, 0.3) is 0 Å². The number of nitrogens with zero attached hydrogens (tertiary/aromatic N) is 2. The molecule has 1 N–H and O–H groups in total. The van der Waals surface area contributed by atoms with Crippen molar-refractivity contribution in [3.8, 4) is 0 Å². The summed E-state index contributed by atoms with van der Waals surface area (Å²) in [6.07, 6.45) is 0. The van der Waals surface area contributed by atoms with Crippen LogP contribution in [0.3, 0.4) is 0 Å². The maximum atomic E-state index is 11.5. The molecule has 0 saturated carbocycles. The SMILES string of the molecule is COC(=O)c1ccc(N2CCNC(C)(C)C2)nc1C. The second-order valence-corrected chi connectivity index (χ2v) is 5.53. The molecule has 1 aromatic heterocycles. The van der Waals surface area contributed by atoms with Crippen molar-refractivity contribution in [3.05, 3.63) is 23.4 Å². The van der Waals surface area contributed by atoms with Gasteiger partial charge in [-0.15, -0.1) is 0 Å². The van der Waals surface area contributed by atoms with E-state index in [2.05, 4.69) is 29.0 Å². The first kappa shape index (κ1) is 13.8. The average molecular weight is 263 g/mol. The minimum absolute atomic E-state index is 0.0782. The third-order valence-corrected chi connectivity index (χ3v) is 3.37. The molecule has 0 aliphatic carbocycles. The Morgan fingerprint density at radius 1 is 1.47 bits per heavy atom. The lowest BCUT2D eigenvalue weighted by molar-refractivity contribution is 0.0599. The van der Waals surface area contributed by atoms with E-state index in [-0.39, 0.29) is 11.5 Å². The Balaban J connectivity index is 2.22. The fourth-order valence-corrected chi connectivity index (χ4v) is 2.39. The predicted molar refractivity (Wildman–Crippen MR) is 74.6 cm³/mol. The number of aromatic nitrogens is 1. The van der Waals surface area contributed by atoms with Gasteiger partial charge in [-0.1, -0.05) is 0 Å². The molecule has 0 atom stereocenters. The maximum absolute atomic E-state index is 11.5. The summed E-state index contributed by atoms with van der Waals surface area (Å²) in [6.45, 7) is 8.95. The van der Waals surface area contributed by atoms with Crippen molar-refractivity contribution in [2.45, 2.75) is 26.3 Å². The third kappa shape index (κ3) is 3.04. The van der Waals surface area contributed by atoms with E-state index >= 15 is 0 Å². The Morgan fingerprint density at radius 3 is 2.79 bits per heavy atom. The fourth-order valence-electron chi connectivity index (χ4n) is 2.39. The van der Waals surface area contributed by atoms with Crippen molar-refractivity contribution >= 4 is 11.8 Å². The molecular formula is C14H21N3O2. The van der Waals surface area contributed by atoms with Crippen LogP contribution in [0.4, 0.5) is 5.82 Å². The molecule has 0 unspecified atom stereocenters. The van der Waals surface area contributed by atoms with Gasteiger partial charge in [-0.25, -0.2) is 9.78 Å². The molecule has 104 valence electrons. The molecular weight excluding hydrogens is 242 g/mol. The van der Waals surface area contributed by atoms with Gasteiger partial charge in [0, 0.05) is 25.2 Å². The smallest absolute Gasteiger partial charge is 0.339 e. The minimum atomic E-state index is -0.336. The van der Waals surface area contributed by atoms with Crippen LogP contribution < -0.4 is 10.2 Å². The normalized spacial score (nSPS) is 18.2. The number of pyridine rings is 1. The van der Waals surface area contributed by atoms with Crippen molar-refractivity contribution in [2.75, 3.05) is 31.6 Å². The molecule has 1 aromatic rings. The van der Waals surface area contributed by atoms with Crippen LogP contribution in [0.15, 0.2) is 12.1 Å². The summed E-state index contributed by atoms with van der Waals surface area (Å²) in [7, 11) is 1.38. The molecule has 1 saturated heterocycles. The zero-order chi connectivity index (χ0) is 14.0. The van der Waals surface area contributed by atoms with E-state index in [4.69, 9.17) is 4.74 Å². The Morgan fingerprint density at radius 2 is 2.21 bits per heavy atom. The topological polar surface area (TPSA) is 54.5 Å². The number of hydrogen-bond donors (Lipinski definition) is 1. The first-order chi connectivity index (χ1) is 8.93. The highest BCUT2D eigenvalue weighted by Crippen LogP contribution is 2.20. The zero-order valence-electron chi connectivity index (χ0n) is 12.0. The highest BCUT2D eigenvalue weighted by molar-refractivity contribution is 5.90. The Bertz CT molecular complexity index is 486. The Labute approximate surface area is 114 Å². The summed E-state index contributed by atoms with van der Waals surface area (Å²) >= 11 is 0. The van der Waals surface area contributed by atoms with E-state index in [0.29, 0.717) is 11.3 Å². The summed E-state index contributed by atoms with van der Waals surface area (Å²) in [4.78, 5) is 18.3. The summed E-state index contributed by atoms with van der Waals surface area (Å²) in [6, 6.07) is 3.68. The number of carbonyl (C=O) groups is 1. The Kier molecular flexibility index (Phi) is 3.75. The molecule has 2 heterocycles. The standard InChI is InChI=1S/C14H21N3O2/c1-10-11(13(18)19-4)5-6-12(16-10)17-8-7-15-14(2,3)9-17/h5-6,15H,7-9H2,1-4H3. The first-order valence-corrected chi connectivity index (χ1v) is 6.49. The highest BCUT2D eigenvalue weighted by atomic mass is 16.5. The van der Waals surface area contributed by atoms with Crippen LogP contribution in [0.1, 0.15) is 29.9 Å². The van der Waals surface area contributed by atoms with Gasteiger partial charge in [0.05, 0.1) is 18.4 Å². The quantitative estimate of drug-likeness (QED) is 0.817. The molecule has 1 aliphatic rings. The van der Waals surface area contributed by atoms with Crippen molar-refractivity contribution in [3.63, 3.8) is 0 Å². The third-order valence-electron chi connectivity index (χ3n) is 3.37. The van der Waals surface area contributed by atoms with Gasteiger partial charge in [0.15, 0.2) is 0 Å². The van der Waals surface area contributed by atoms with Crippen molar-refractivity contribution in [2.24, 2.45) is 0 Å². The molecule has 0 bridgehead atoms. The predicted octanol–water partition coefficient (Wildman–Crippen LogP) is 1.36.